The van der Waals surface area contributed by atoms with Crippen molar-refractivity contribution in [1.82, 2.24) is 20.2 Å². The van der Waals surface area contributed by atoms with E-state index in [2.05, 4.69) is 63.5 Å². The molecule has 1 saturated heterocycles. The number of amides is 1. The Bertz CT molecular complexity index is 1270. The highest BCUT2D eigenvalue weighted by atomic mass is 16.5. The maximum absolute atomic E-state index is 12.8. The minimum atomic E-state index is -0.0539. The molecule has 1 fully saturated rings. The summed E-state index contributed by atoms with van der Waals surface area (Å²) in [5, 5.41) is 3.18. The van der Waals surface area contributed by atoms with Crippen molar-refractivity contribution in [2.75, 3.05) is 13.1 Å². The number of aromatic nitrogens is 2. The first-order valence-electron chi connectivity index (χ1n) is 12.4. The van der Waals surface area contributed by atoms with E-state index in [1.165, 1.54) is 11.1 Å². The van der Waals surface area contributed by atoms with Crippen molar-refractivity contribution in [1.29, 1.82) is 0 Å². The van der Waals surface area contributed by atoms with Crippen LogP contribution in [0.1, 0.15) is 34.3 Å². The molecule has 1 aliphatic heterocycles. The molecule has 0 bridgehead atoms. The van der Waals surface area contributed by atoms with Crippen molar-refractivity contribution in [2.24, 2.45) is 0 Å². The fraction of sp³-hybridized carbons (Fsp3) is 0.233. The number of carbonyl (C=O) groups excluding carboxylic acids is 1. The topological polar surface area (TPSA) is 67.3 Å². The van der Waals surface area contributed by atoms with Crippen LogP contribution in [0.4, 0.5) is 0 Å². The van der Waals surface area contributed by atoms with Crippen LogP contribution in [0.3, 0.4) is 0 Å². The van der Waals surface area contributed by atoms with E-state index < -0.39 is 0 Å². The first-order chi connectivity index (χ1) is 17.6. The zero-order valence-corrected chi connectivity index (χ0v) is 20.4. The molecule has 0 unspecified atom stereocenters. The van der Waals surface area contributed by atoms with Crippen molar-refractivity contribution in [3.05, 3.63) is 108 Å². The Labute approximate surface area is 212 Å². The monoisotopic (exact) mass is 478 g/mol. The summed E-state index contributed by atoms with van der Waals surface area (Å²) in [5.74, 6) is 0.533. The van der Waals surface area contributed by atoms with Crippen LogP contribution in [0.15, 0.2) is 91.3 Å². The second-order valence-electron chi connectivity index (χ2n) is 9.26. The van der Waals surface area contributed by atoms with Gasteiger partial charge in [0.2, 0.25) is 0 Å². The van der Waals surface area contributed by atoms with Crippen molar-refractivity contribution >= 4 is 5.91 Å². The standard InChI is InChI=1S/C30H30N4O2/c1-22-7-9-24(10-8-22)26-19-31-30(32-20-26)36-28-13-11-25(12-14-28)29(35)33-27-15-17-34(18-16-27)21-23-5-3-2-4-6-23/h2-14,19-20,27H,15-18,21H2,1H3,(H,33,35). The van der Waals surface area contributed by atoms with Gasteiger partial charge in [-0.15, -0.1) is 0 Å². The van der Waals surface area contributed by atoms with Gasteiger partial charge in [-0.25, -0.2) is 9.97 Å². The number of ether oxygens (including phenoxy) is 1. The molecule has 2 heterocycles. The highest BCUT2D eigenvalue weighted by molar-refractivity contribution is 5.94. The summed E-state index contributed by atoms with van der Waals surface area (Å²) in [5.41, 5.74) is 5.14. The van der Waals surface area contributed by atoms with Gasteiger partial charge in [0, 0.05) is 49.2 Å². The Hall–Kier alpha value is -4.03. The van der Waals surface area contributed by atoms with Gasteiger partial charge in [-0.1, -0.05) is 60.2 Å². The number of nitrogens with one attached hydrogen (secondary N) is 1. The maximum Gasteiger partial charge on any atom is 0.321 e. The summed E-state index contributed by atoms with van der Waals surface area (Å²) in [4.78, 5) is 23.8. The summed E-state index contributed by atoms with van der Waals surface area (Å²) >= 11 is 0. The van der Waals surface area contributed by atoms with E-state index >= 15 is 0 Å². The summed E-state index contributed by atoms with van der Waals surface area (Å²) in [6.07, 6.45) is 5.41. The van der Waals surface area contributed by atoms with Gasteiger partial charge in [0.25, 0.3) is 5.91 Å². The van der Waals surface area contributed by atoms with Gasteiger partial charge in [-0.05, 0) is 55.2 Å². The zero-order chi connectivity index (χ0) is 24.7. The molecule has 182 valence electrons. The van der Waals surface area contributed by atoms with Crippen LogP contribution >= 0.6 is 0 Å². The molecule has 6 heteroatoms. The van der Waals surface area contributed by atoms with Gasteiger partial charge in [0.1, 0.15) is 5.75 Å². The Morgan fingerprint density at radius 3 is 2.22 bits per heavy atom. The number of piperidine rings is 1. The molecule has 0 radical (unpaired) electrons. The smallest absolute Gasteiger partial charge is 0.321 e. The van der Waals surface area contributed by atoms with Crippen LogP contribution in [-0.4, -0.2) is 39.9 Å². The fourth-order valence-electron chi connectivity index (χ4n) is 4.39. The lowest BCUT2D eigenvalue weighted by molar-refractivity contribution is 0.0909. The number of hydrogen-bond donors (Lipinski definition) is 1. The quantitative estimate of drug-likeness (QED) is 0.372. The second kappa shape index (κ2) is 11.1. The molecule has 6 nitrogen and oxygen atoms in total. The predicted octanol–water partition coefficient (Wildman–Crippen LogP) is 5.64. The third kappa shape index (κ3) is 6.15. The van der Waals surface area contributed by atoms with Crippen LogP contribution in [0.2, 0.25) is 0 Å². The predicted molar refractivity (Wildman–Crippen MR) is 141 cm³/mol. The second-order valence-corrected chi connectivity index (χ2v) is 9.26. The maximum atomic E-state index is 12.8. The normalized spacial score (nSPS) is 14.4. The Morgan fingerprint density at radius 2 is 1.56 bits per heavy atom. The minimum Gasteiger partial charge on any atom is -0.424 e. The molecule has 0 atom stereocenters. The Balaban J connectivity index is 1.11. The van der Waals surface area contributed by atoms with Gasteiger partial charge in [0.05, 0.1) is 0 Å². The van der Waals surface area contributed by atoms with Crippen LogP contribution in [0.5, 0.6) is 11.8 Å². The van der Waals surface area contributed by atoms with Crippen LogP contribution in [0.25, 0.3) is 11.1 Å². The molecule has 4 aromatic rings. The molecule has 0 aliphatic carbocycles. The average Bonchev–Trinajstić information content (AvgIpc) is 2.92. The van der Waals surface area contributed by atoms with Crippen molar-refractivity contribution in [3.8, 4) is 22.9 Å². The van der Waals surface area contributed by atoms with Crippen molar-refractivity contribution in [2.45, 2.75) is 32.4 Å². The average molecular weight is 479 g/mol. The molecule has 5 rings (SSSR count). The highest BCUT2D eigenvalue weighted by Gasteiger charge is 2.21. The Kier molecular flexibility index (Phi) is 7.33. The number of carbonyl (C=O) groups is 1. The zero-order valence-electron chi connectivity index (χ0n) is 20.4. The summed E-state index contributed by atoms with van der Waals surface area (Å²) in [6, 6.07) is 26.3. The van der Waals surface area contributed by atoms with E-state index in [0.29, 0.717) is 11.3 Å². The molecular formula is C30H30N4O2. The molecular weight excluding hydrogens is 448 g/mol. The number of nitrogens with zero attached hydrogens (tertiary/aromatic N) is 3. The number of likely N-dealkylation sites (tertiary alicyclic amines) is 1. The molecule has 0 spiro atoms. The van der Waals surface area contributed by atoms with Gasteiger partial charge >= 0.3 is 6.01 Å². The molecule has 36 heavy (non-hydrogen) atoms. The van der Waals surface area contributed by atoms with Crippen LogP contribution in [-0.2, 0) is 6.54 Å². The third-order valence-corrected chi connectivity index (χ3v) is 6.51. The van der Waals surface area contributed by atoms with E-state index in [0.717, 1.165) is 43.6 Å². The summed E-state index contributed by atoms with van der Waals surface area (Å²) in [7, 11) is 0. The highest BCUT2D eigenvalue weighted by Crippen LogP contribution is 2.22. The Morgan fingerprint density at radius 1 is 0.889 bits per heavy atom. The number of rotatable bonds is 7. The van der Waals surface area contributed by atoms with Gasteiger partial charge in [0.15, 0.2) is 0 Å². The number of aryl methyl sites for hydroxylation is 1. The minimum absolute atomic E-state index is 0.0539. The van der Waals surface area contributed by atoms with Crippen molar-refractivity contribution in [3.63, 3.8) is 0 Å². The van der Waals surface area contributed by atoms with Gasteiger partial charge in [-0.3, -0.25) is 9.69 Å². The molecule has 1 aromatic heterocycles. The van der Waals surface area contributed by atoms with E-state index in [9.17, 15) is 4.79 Å². The lowest BCUT2D eigenvalue weighted by atomic mass is 10.0. The molecule has 3 aromatic carbocycles. The van der Waals surface area contributed by atoms with E-state index in [1.807, 2.05) is 18.2 Å². The molecule has 1 aliphatic rings. The summed E-state index contributed by atoms with van der Waals surface area (Å²) in [6.45, 7) is 4.98. The molecule has 0 saturated carbocycles. The largest absolute Gasteiger partial charge is 0.424 e. The van der Waals surface area contributed by atoms with Gasteiger partial charge < -0.3 is 10.1 Å². The fourth-order valence-corrected chi connectivity index (χ4v) is 4.39. The molecule has 1 N–H and O–H groups in total. The van der Waals surface area contributed by atoms with E-state index in [-0.39, 0.29) is 18.0 Å². The molecule has 1 amide bonds. The number of hydrogen-bond acceptors (Lipinski definition) is 5. The van der Waals surface area contributed by atoms with Gasteiger partial charge in [-0.2, -0.15) is 0 Å². The lowest BCUT2D eigenvalue weighted by Gasteiger charge is -2.32. The van der Waals surface area contributed by atoms with E-state index in [4.69, 9.17) is 4.74 Å². The lowest BCUT2D eigenvalue weighted by Crippen LogP contribution is -2.44. The first kappa shape index (κ1) is 23.7. The van der Waals surface area contributed by atoms with Crippen LogP contribution < -0.4 is 10.1 Å². The van der Waals surface area contributed by atoms with Crippen LogP contribution in [0, 0.1) is 6.92 Å². The number of benzene rings is 3. The first-order valence-corrected chi connectivity index (χ1v) is 12.4. The third-order valence-electron chi connectivity index (χ3n) is 6.51. The summed E-state index contributed by atoms with van der Waals surface area (Å²) < 4.78 is 5.77. The van der Waals surface area contributed by atoms with E-state index in [1.54, 1.807) is 36.7 Å². The SMILES string of the molecule is Cc1ccc(-c2cnc(Oc3ccc(C(=O)NC4CCN(Cc5ccccc5)CC4)cc3)nc2)cc1. The van der Waals surface area contributed by atoms with Crippen molar-refractivity contribution < 1.29 is 9.53 Å².